The minimum atomic E-state index is -0.380. The fourth-order valence-electron chi connectivity index (χ4n) is 3.78. The van der Waals surface area contributed by atoms with Gasteiger partial charge in [-0.25, -0.2) is 4.79 Å². The minimum Gasteiger partial charge on any atom is -0.484 e. The molecule has 0 radical (unpaired) electrons. The summed E-state index contributed by atoms with van der Waals surface area (Å²) in [5.41, 5.74) is 1.58. The van der Waals surface area contributed by atoms with Gasteiger partial charge in [0, 0.05) is 4.88 Å². The summed E-state index contributed by atoms with van der Waals surface area (Å²) in [5, 5.41) is 8.54. The SMILES string of the molecule is CCOC(=O)c1c(NC(=S)NC(=O)COc2ccc3ccccc3c2)sc2c1CCCC2. The van der Waals surface area contributed by atoms with E-state index >= 15 is 0 Å². The van der Waals surface area contributed by atoms with Gasteiger partial charge in [0.05, 0.1) is 12.2 Å². The smallest absolute Gasteiger partial charge is 0.341 e. The summed E-state index contributed by atoms with van der Waals surface area (Å²) >= 11 is 6.81. The normalized spacial score (nSPS) is 12.7. The zero-order valence-electron chi connectivity index (χ0n) is 17.7. The average Bonchev–Trinajstić information content (AvgIpc) is 3.15. The number of benzene rings is 2. The van der Waals surface area contributed by atoms with Crippen molar-refractivity contribution in [3.8, 4) is 5.75 Å². The van der Waals surface area contributed by atoms with Crippen molar-refractivity contribution in [2.45, 2.75) is 32.6 Å². The highest BCUT2D eigenvalue weighted by molar-refractivity contribution is 7.80. The van der Waals surface area contributed by atoms with Gasteiger partial charge in [0.25, 0.3) is 5.91 Å². The van der Waals surface area contributed by atoms with Gasteiger partial charge in [-0.05, 0) is 73.3 Å². The zero-order valence-corrected chi connectivity index (χ0v) is 19.4. The Bertz CT molecular complexity index is 1170. The van der Waals surface area contributed by atoms with Crippen molar-refractivity contribution in [2.24, 2.45) is 0 Å². The molecule has 1 heterocycles. The number of hydrogen-bond donors (Lipinski definition) is 2. The van der Waals surface area contributed by atoms with Gasteiger partial charge in [-0.2, -0.15) is 0 Å². The van der Waals surface area contributed by atoms with Crippen LogP contribution in [-0.2, 0) is 22.4 Å². The number of hydrogen-bond acceptors (Lipinski definition) is 6. The molecule has 1 aliphatic carbocycles. The summed E-state index contributed by atoms with van der Waals surface area (Å²) in [4.78, 5) is 26.1. The molecule has 1 amide bonds. The van der Waals surface area contributed by atoms with Crippen LogP contribution in [0.3, 0.4) is 0 Å². The molecule has 2 N–H and O–H groups in total. The van der Waals surface area contributed by atoms with Crippen LogP contribution in [0.5, 0.6) is 5.75 Å². The van der Waals surface area contributed by atoms with E-state index in [4.69, 9.17) is 21.7 Å². The van der Waals surface area contributed by atoms with Gasteiger partial charge >= 0.3 is 5.97 Å². The van der Waals surface area contributed by atoms with Crippen molar-refractivity contribution in [3.05, 3.63) is 58.5 Å². The maximum atomic E-state index is 12.5. The quantitative estimate of drug-likeness (QED) is 0.398. The molecule has 0 bridgehead atoms. The molecule has 0 unspecified atom stereocenters. The Morgan fingerprint density at radius 3 is 2.69 bits per heavy atom. The van der Waals surface area contributed by atoms with Gasteiger partial charge in [-0.3, -0.25) is 10.1 Å². The Morgan fingerprint density at radius 1 is 1.09 bits per heavy atom. The van der Waals surface area contributed by atoms with Crippen molar-refractivity contribution >= 4 is 56.3 Å². The Hall–Kier alpha value is -2.97. The number of carbonyl (C=O) groups is 2. The molecule has 0 atom stereocenters. The molecule has 0 fully saturated rings. The monoisotopic (exact) mass is 468 g/mol. The van der Waals surface area contributed by atoms with Crippen molar-refractivity contribution in [1.29, 1.82) is 0 Å². The summed E-state index contributed by atoms with van der Waals surface area (Å²) < 4.78 is 10.9. The number of anilines is 1. The molecule has 0 saturated heterocycles. The molecule has 1 aromatic heterocycles. The Labute approximate surface area is 195 Å². The second-order valence-corrected chi connectivity index (χ2v) is 8.95. The molecule has 6 nitrogen and oxygen atoms in total. The number of ether oxygens (including phenoxy) is 2. The summed E-state index contributed by atoms with van der Waals surface area (Å²) in [6, 6.07) is 13.6. The molecule has 2 aromatic carbocycles. The summed E-state index contributed by atoms with van der Waals surface area (Å²) in [6.07, 6.45) is 3.93. The molecule has 0 aliphatic heterocycles. The third-order valence-corrected chi connectivity index (χ3v) is 6.63. The van der Waals surface area contributed by atoms with Crippen LogP contribution in [0.2, 0.25) is 0 Å². The molecular formula is C24H24N2O4S2. The predicted octanol–water partition coefficient (Wildman–Crippen LogP) is 4.85. The number of amides is 1. The van der Waals surface area contributed by atoms with Crippen LogP contribution in [0.1, 0.15) is 40.6 Å². The third kappa shape index (κ3) is 5.08. The number of carbonyl (C=O) groups excluding carboxylic acids is 2. The number of thiophene rings is 1. The molecule has 1 aliphatic rings. The number of rotatable bonds is 6. The number of nitrogens with one attached hydrogen (secondary N) is 2. The van der Waals surface area contributed by atoms with Gasteiger partial charge in [0.2, 0.25) is 0 Å². The molecular weight excluding hydrogens is 444 g/mol. The van der Waals surface area contributed by atoms with Crippen molar-refractivity contribution in [2.75, 3.05) is 18.5 Å². The second-order valence-electron chi connectivity index (χ2n) is 7.44. The molecule has 32 heavy (non-hydrogen) atoms. The number of esters is 1. The van der Waals surface area contributed by atoms with E-state index in [1.54, 1.807) is 6.92 Å². The van der Waals surface area contributed by atoms with Crippen LogP contribution in [0.25, 0.3) is 10.8 Å². The van der Waals surface area contributed by atoms with Crippen LogP contribution in [0.4, 0.5) is 5.00 Å². The summed E-state index contributed by atoms with van der Waals surface area (Å²) in [5.74, 6) is -0.133. The maximum absolute atomic E-state index is 12.5. The topological polar surface area (TPSA) is 76.7 Å². The molecule has 8 heteroatoms. The molecule has 3 aromatic rings. The van der Waals surface area contributed by atoms with Gasteiger partial charge in [-0.1, -0.05) is 30.3 Å². The van der Waals surface area contributed by atoms with E-state index in [1.165, 1.54) is 16.2 Å². The number of fused-ring (bicyclic) bond motifs is 2. The average molecular weight is 469 g/mol. The van der Waals surface area contributed by atoms with E-state index in [0.717, 1.165) is 42.0 Å². The first kappa shape index (κ1) is 22.2. The second kappa shape index (κ2) is 10.1. The first-order valence-corrected chi connectivity index (χ1v) is 11.8. The predicted molar refractivity (Wildman–Crippen MR) is 131 cm³/mol. The summed E-state index contributed by atoms with van der Waals surface area (Å²) in [6.45, 7) is 1.91. The highest BCUT2D eigenvalue weighted by Crippen LogP contribution is 2.38. The summed E-state index contributed by atoms with van der Waals surface area (Å²) in [7, 11) is 0. The van der Waals surface area contributed by atoms with Crippen LogP contribution >= 0.6 is 23.6 Å². The number of thiocarbonyl (C=S) groups is 1. The van der Waals surface area contributed by atoms with E-state index in [2.05, 4.69) is 10.6 Å². The van der Waals surface area contributed by atoms with Crippen molar-refractivity contribution in [1.82, 2.24) is 5.32 Å². The molecule has 0 saturated carbocycles. The van der Waals surface area contributed by atoms with Crippen molar-refractivity contribution in [3.63, 3.8) is 0 Å². The first-order chi connectivity index (χ1) is 15.5. The zero-order chi connectivity index (χ0) is 22.5. The highest BCUT2D eigenvalue weighted by atomic mass is 32.1. The van der Waals surface area contributed by atoms with E-state index < -0.39 is 0 Å². The minimum absolute atomic E-state index is 0.126. The van der Waals surface area contributed by atoms with Crippen LogP contribution in [0, 0.1) is 0 Å². The van der Waals surface area contributed by atoms with E-state index in [9.17, 15) is 9.59 Å². The molecule has 0 spiro atoms. The highest BCUT2D eigenvalue weighted by Gasteiger charge is 2.27. The Kier molecular flexibility index (Phi) is 7.02. The fraction of sp³-hybridized carbons (Fsp3) is 0.292. The van der Waals surface area contributed by atoms with E-state index in [0.29, 0.717) is 22.9 Å². The van der Waals surface area contributed by atoms with Gasteiger partial charge in [0.1, 0.15) is 10.8 Å². The lowest BCUT2D eigenvalue weighted by molar-refractivity contribution is -0.121. The maximum Gasteiger partial charge on any atom is 0.341 e. The van der Waals surface area contributed by atoms with E-state index in [-0.39, 0.29) is 23.6 Å². The molecule has 166 valence electrons. The standard InChI is InChI=1S/C24H24N2O4S2/c1-2-29-23(28)21-18-9-5-6-10-19(18)32-22(21)26-24(31)25-20(27)14-30-17-12-11-15-7-3-4-8-16(15)13-17/h3-4,7-8,11-13H,2,5-6,9-10,14H2,1H3,(H2,25,26,27,31). The third-order valence-electron chi connectivity index (χ3n) is 5.22. The number of aryl methyl sites for hydroxylation is 1. The lowest BCUT2D eigenvalue weighted by atomic mass is 9.95. The molecule has 4 rings (SSSR count). The van der Waals surface area contributed by atoms with Crippen LogP contribution in [-0.4, -0.2) is 30.2 Å². The van der Waals surface area contributed by atoms with Crippen LogP contribution < -0.4 is 15.4 Å². The largest absolute Gasteiger partial charge is 0.484 e. The fourth-order valence-corrected chi connectivity index (χ4v) is 5.34. The van der Waals surface area contributed by atoms with E-state index in [1.807, 2.05) is 42.5 Å². The lowest BCUT2D eigenvalue weighted by Crippen LogP contribution is -2.37. The van der Waals surface area contributed by atoms with Crippen molar-refractivity contribution < 1.29 is 19.1 Å². The van der Waals surface area contributed by atoms with Gasteiger partial charge < -0.3 is 14.8 Å². The lowest BCUT2D eigenvalue weighted by Gasteiger charge is -2.13. The van der Waals surface area contributed by atoms with Gasteiger partial charge in [-0.15, -0.1) is 11.3 Å². The Morgan fingerprint density at radius 2 is 1.88 bits per heavy atom. The van der Waals surface area contributed by atoms with Gasteiger partial charge in [0.15, 0.2) is 11.7 Å². The first-order valence-electron chi connectivity index (χ1n) is 10.6. The Balaban J connectivity index is 1.38. The van der Waals surface area contributed by atoms with Crippen LogP contribution in [0.15, 0.2) is 42.5 Å².